The molecule has 1 aromatic heterocycles. The second-order valence-electron chi connectivity index (χ2n) is 4.01. The minimum Gasteiger partial charge on any atom is -0.354 e. The predicted octanol–water partition coefficient (Wildman–Crippen LogP) is -0.464. The molecule has 0 bridgehead atoms. The van der Waals surface area contributed by atoms with Gasteiger partial charge in [-0.1, -0.05) is 5.21 Å². The van der Waals surface area contributed by atoms with Gasteiger partial charge in [0, 0.05) is 25.2 Å². The number of hydrogen-bond acceptors (Lipinski definition) is 4. The maximum absolute atomic E-state index is 11.5. The van der Waals surface area contributed by atoms with Crippen molar-refractivity contribution in [2.75, 3.05) is 13.1 Å². The van der Waals surface area contributed by atoms with E-state index in [-0.39, 0.29) is 5.91 Å². The average Bonchev–Trinajstić information content (AvgIpc) is 2.90. The first-order valence-electron chi connectivity index (χ1n) is 5.69. The highest BCUT2D eigenvalue weighted by atomic mass is 16.1. The molecule has 1 unspecified atom stereocenters. The summed E-state index contributed by atoms with van der Waals surface area (Å²) in [4.78, 5) is 11.5. The number of nitrogens with one attached hydrogen (secondary N) is 2. The molecule has 1 aromatic rings. The largest absolute Gasteiger partial charge is 0.354 e. The van der Waals surface area contributed by atoms with Gasteiger partial charge in [0.15, 0.2) is 0 Å². The van der Waals surface area contributed by atoms with Crippen LogP contribution in [0.25, 0.3) is 0 Å². The van der Waals surface area contributed by atoms with Gasteiger partial charge < -0.3 is 10.6 Å². The Morgan fingerprint density at radius 3 is 3.25 bits per heavy atom. The second-order valence-corrected chi connectivity index (χ2v) is 4.01. The Bertz CT molecular complexity index is 318. The first-order valence-corrected chi connectivity index (χ1v) is 5.69. The van der Waals surface area contributed by atoms with Crippen molar-refractivity contribution in [1.29, 1.82) is 0 Å². The lowest BCUT2D eigenvalue weighted by molar-refractivity contribution is -0.121. The molecule has 1 aliphatic rings. The monoisotopic (exact) mass is 223 g/mol. The van der Waals surface area contributed by atoms with Crippen molar-refractivity contribution < 1.29 is 4.79 Å². The Morgan fingerprint density at radius 2 is 2.56 bits per heavy atom. The summed E-state index contributed by atoms with van der Waals surface area (Å²) in [6.45, 7) is 2.32. The number of amides is 1. The van der Waals surface area contributed by atoms with Gasteiger partial charge in [-0.05, 0) is 19.4 Å². The Morgan fingerprint density at radius 1 is 1.62 bits per heavy atom. The average molecular weight is 223 g/mol. The van der Waals surface area contributed by atoms with E-state index in [2.05, 4.69) is 20.9 Å². The summed E-state index contributed by atoms with van der Waals surface area (Å²) in [6.07, 6.45) is 6.28. The quantitative estimate of drug-likeness (QED) is 0.708. The molecule has 1 fully saturated rings. The highest BCUT2D eigenvalue weighted by Crippen LogP contribution is 2.07. The molecule has 0 spiro atoms. The van der Waals surface area contributed by atoms with Crippen LogP contribution in [0.5, 0.6) is 0 Å². The van der Waals surface area contributed by atoms with E-state index < -0.39 is 0 Å². The van der Waals surface area contributed by atoms with Crippen molar-refractivity contribution in [2.24, 2.45) is 0 Å². The molecule has 1 aliphatic heterocycles. The van der Waals surface area contributed by atoms with Crippen LogP contribution in [0.4, 0.5) is 0 Å². The van der Waals surface area contributed by atoms with Gasteiger partial charge in [0.25, 0.3) is 0 Å². The van der Waals surface area contributed by atoms with Crippen LogP contribution in [0.2, 0.25) is 0 Å². The van der Waals surface area contributed by atoms with Crippen molar-refractivity contribution in [2.45, 2.75) is 31.8 Å². The van der Waals surface area contributed by atoms with Crippen LogP contribution in [0.3, 0.4) is 0 Å². The minimum atomic E-state index is 0.111. The second kappa shape index (κ2) is 5.60. The standard InChI is InChI=1S/C10H17N5O/c16-10(8-9-2-1-3-11-9)12-4-6-15-7-5-13-14-15/h5,7,9,11H,1-4,6,8H2,(H,12,16). The molecule has 0 aromatic carbocycles. The molecule has 6 nitrogen and oxygen atoms in total. The molecule has 1 saturated heterocycles. The molecule has 16 heavy (non-hydrogen) atoms. The molecule has 6 heteroatoms. The van der Waals surface area contributed by atoms with Gasteiger partial charge in [0.05, 0.1) is 12.7 Å². The molecule has 1 amide bonds. The summed E-state index contributed by atoms with van der Waals surface area (Å²) in [7, 11) is 0. The Labute approximate surface area is 94.4 Å². The van der Waals surface area contributed by atoms with Crippen molar-refractivity contribution >= 4 is 5.91 Å². The summed E-state index contributed by atoms with van der Waals surface area (Å²) in [5.41, 5.74) is 0. The van der Waals surface area contributed by atoms with Gasteiger partial charge >= 0.3 is 0 Å². The van der Waals surface area contributed by atoms with Gasteiger partial charge in [-0.25, -0.2) is 0 Å². The number of rotatable bonds is 5. The fourth-order valence-corrected chi connectivity index (χ4v) is 1.89. The van der Waals surface area contributed by atoms with Crippen molar-refractivity contribution in [3.63, 3.8) is 0 Å². The first kappa shape index (κ1) is 11.1. The Balaban J connectivity index is 1.60. The molecule has 1 atom stereocenters. The summed E-state index contributed by atoms with van der Waals surface area (Å²) < 4.78 is 1.70. The van der Waals surface area contributed by atoms with Crippen LogP contribution < -0.4 is 10.6 Å². The number of carbonyl (C=O) groups excluding carboxylic acids is 1. The first-order chi connectivity index (χ1) is 7.84. The smallest absolute Gasteiger partial charge is 0.221 e. The third-order valence-corrected chi connectivity index (χ3v) is 2.73. The summed E-state index contributed by atoms with van der Waals surface area (Å²) >= 11 is 0. The molecule has 2 N–H and O–H groups in total. The molecule has 0 saturated carbocycles. The number of carbonyl (C=O) groups is 1. The molecular weight excluding hydrogens is 206 g/mol. The third-order valence-electron chi connectivity index (χ3n) is 2.73. The molecule has 0 radical (unpaired) electrons. The molecule has 2 heterocycles. The lowest BCUT2D eigenvalue weighted by Crippen LogP contribution is -2.33. The van der Waals surface area contributed by atoms with E-state index in [0.29, 0.717) is 25.6 Å². The Hall–Kier alpha value is -1.43. The maximum atomic E-state index is 11.5. The third kappa shape index (κ3) is 3.30. The SMILES string of the molecule is O=C(CC1CCCN1)NCCn1ccnn1. The summed E-state index contributed by atoms with van der Waals surface area (Å²) in [5, 5.41) is 13.7. The lowest BCUT2D eigenvalue weighted by Gasteiger charge is -2.10. The van der Waals surface area contributed by atoms with Gasteiger partial charge in [0.2, 0.25) is 5.91 Å². The van der Waals surface area contributed by atoms with Crippen molar-refractivity contribution in [3.8, 4) is 0 Å². The van der Waals surface area contributed by atoms with E-state index in [9.17, 15) is 4.79 Å². The normalized spacial score (nSPS) is 19.9. The van der Waals surface area contributed by atoms with Crippen molar-refractivity contribution in [3.05, 3.63) is 12.4 Å². The lowest BCUT2D eigenvalue weighted by atomic mass is 10.1. The summed E-state index contributed by atoms with van der Waals surface area (Å²) in [5.74, 6) is 0.111. The van der Waals surface area contributed by atoms with Crippen LogP contribution in [-0.2, 0) is 11.3 Å². The molecule has 2 rings (SSSR count). The van der Waals surface area contributed by atoms with E-state index in [1.54, 1.807) is 17.1 Å². The van der Waals surface area contributed by atoms with Gasteiger partial charge in [-0.15, -0.1) is 5.10 Å². The van der Waals surface area contributed by atoms with E-state index >= 15 is 0 Å². The Kier molecular flexibility index (Phi) is 3.87. The van der Waals surface area contributed by atoms with E-state index in [1.807, 2.05) is 0 Å². The van der Waals surface area contributed by atoms with Crippen molar-refractivity contribution in [1.82, 2.24) is 25.6 Å². The predicted molar refractivity (Wildman–Crippen MR) is 58.7 cm³/mol. The fourth-order valence-electron chi connectivity index (χ4n) is 1.89. The highest BCUT2D eigenvalue weighted by Gasteiger charge is 2.16. The number of aromatic nitrogens is 3. The maximum Gasteiger partial charge on any atom is 0.221 e. The molecule has 0 aliphatic carbocycles. The fraction of sp³-hybridized carbons (Fsp3) is 0.700. The van der Waals surface area contributed by atoms with E-state index in [4.69, 9.17) is 0 Å². The van der Waals surface area contributed by atoms with Crippen LogP contribution in [0.1, 0.15) is 19.3 Å². The topological polar surface area (TPSA) is 71.8 Å². The number of hydrogen-bond donors (Lipinski definition) is 2. The molecule has 88 valence electrons. The van der Waals surface area contributed by atoms with Crippen LogP contribution in [0, 0.1) is 0 Å². The van der Waals surface area contributed by atoms with Gasteiger partial charge in [0.1, 0.15) is 0 Å². The van der Waals surface area contributed by atoms with Crippen LogP contribution in [-0.4, -0.2) is 40.0 Å². The van der Waals surface area contributed by atoms with Crippen LogP contribution >= 0.6 is 0 Å². The minimum absolute atomic E-state index is 0.111. The van der Waals surface area contributed by atoms with E-state index in [1.165, 1.54) is 6.42 Å². The number of nitrogens with zero attached hydrogens (tertiary/aromatic N) is 3. The van der Waals surface area contributed by atoms with Crippen LogP contribution in [0.15, 0.2) is 12.4 Å². The van der Waals surface area contributed by atoms with Gasteiger partial charge in [-0.3, -0.25) is 9.48 Å². The molecular formula is C10H17N5O. The van der Waals surface area contributed by atoms with Gasteiger partial charge in [-0.2, -0.15) is 0 Å². The zero-order valence-corrected chi connectivity index (χ0v) is 9.22. The zero-order chi connectivity index (χ0) is 11.2. The van der Waals surface area contributed by atoms with E-state index in [0.717, 1.165) is 13.0 Å². The highest BCUT2D eigenvalue weighted by molar-refractivity contribution is 5.76. The zero-order valence-electron chi connectivity index (χ0n) is 9.22. The summed E-state index contributed by atoms with van der Waals surface area (Å²) in [6, 6.07) is 0.367.